The van der Waals surface area contributed by atoms with Crippen molar-refractivity contribution in [2.45, 2.75) is 50.3 Å². The minimum atomic E-state index is -3.58. The van der Waals surface area contributed by atoms with E-state index in [9.17, 15) is 8.42 Å². The van der Waals surface area contributed by atoms with Crippen LogP contribution in [0.4, 0.5) is 0 Å². The third kappa shape index (κ3) is 7.03. The van der Waals surface area contributed by atoms with Crippen molar-refractivity contribution in [2.24, 2.45) is 5.14 Å². The van der Waals surface area contributed by atoms with Gasteiger partial charge in [-0.15, -0.1) is 0 Å². The van der Waals surface area contributed by atoms with Crippen molar-refractivity contribution < 1.29 is 8.42 Å². The Kier molecular flexibility index (Phi) is 7.80. The number of nitrogens with one attached hydrogen (secondary N) is 1. The molecule has 0 atom stereocenters. The first kappa shape index (κ1) is 17.1. The number of benzene rings is 1. The number of rotatable bonds is 10. The lowest BCUT2D eigenvalue weighted by molar-refractivity contribution is 0.584. The molecule has 4 nitrogen and oxygen atoms in total. The number of primary sulfonamides is 1. The van der Waals surface area contributed by atoms with Crippen LogP contribution in [0.5, 0.6) is 0 Å². The van der Waals surface area contributed by atoms with Crippen molar-refractivity contribution in [1.29, 1.82) is 0 Å². The van der Waals surface area contributed by atoms with Gasteiger partial charge in [0.05, 0.1) is 4.90 Å². The zero-order chi connectivity index (χ0) is 14.8. The molecule has 0 fully saturated rings. The third-order valence-electron chi connectivity index (χ3n) is 3.30. The van der Waals surface area contributed by atoms with Gasteiger partial charge in [0.25, 0.3) is 0 Å². The van der Waals surface area contributed by atoms with Gasteiger partial charge in [-0.25, -0.2) is 13.6 Å². The summed E-state index contributed by atoms with van der Waals surface area (Å²) in [6.07, 6.45) is 7.36. The molecule has 1 rings (SSSR count). The topological polar surface area (TPSA) is 72.2 Å². The summed E-state index contributed by atoms with van der Waals surface area (Å²) in [7, 11) is -3.58. The maximum atomic E-state index is 11.1. The molecule has 0 bridgehead atoms. The monoisotopic (exact) mass is 298 g/mol. The average molecular weight is 298 g/mol. The Morgan fingerprint density at radius 2 is 1.65 bits per heavy atom. The van der Waals surface area contributed by atoms with Crippen molar-refractivity contribution in [3.63, 3.8) is 0 Å². The first-order chi connectivity index (χ1) is 9.54. The van der Waals surface area contributed by atoms with E-state index in [2.05, 4.69) is 12.2 Å². The maximum absolute atomic E-state index is 11.1. The molecule has 1 aromatic rings. The first-order valence-corrected chi connectivity index (χ1v) is 8.91. The second kappa shape index (κ2) is 9.10. The largest absolute Gasteiger partial charge is 0.316 e. The third-order valence-corrected chi connectivity index (χ3v) is 4.23. The summed E-state index contributed by atoms with van der Waals surface area (Å²) >= 11 is 0. The Morgan fingerprint density at radius 1 is 1.00 bits per heavy atom. The molecule has 0 aliphatic carbocycles. The smallest absolute Gasteiger partial charge is 0.238 e. The highest BCUT2D eigenvalue weighted by atomic mass is 32.2. The lowest BCUT2D eigenvalue weighted by Crippen LogP contribution is -2.18. The van der Waals surface area contributed by atoms with Gasteiger partial charge in [-0.1, -0.05) is 44.7 Å². The normalized spacial score (nSPS) is 11.7. The molecule has 0 saturated carbocycles. The van der Waals surface area contributed by atoms with Crippen LogP contribution in [-0.2, 0) is 16.4 Å². The van der Waals surface area contributed by atoms with E-state index < -0.39 is 10.0 Å². The van der Waals surface area contributed by atoms with Crippen LogP contribution in [-0.4, -0.2) is 21.5 Å². The highest BCUT2D eigenvalue weighted by molar-refractivity contribution is 7.89. The fraction of sp³-hybridized carbons (Fsp3) is 0.600. The molecule has 0 spiro atoms. The summed E-state index contributed by atoms with van der Waals surface area (Å²) in [5.74, 6) is 0. The van der Waals surface area contributed by atoms with E-state index in [4.69, 9.17) is 5.14 Å². The molecule has 0 aliphatic rings. The second-order valence-corrected chi connectivity index (χ2v) is 6.66. The van der Waals surface area contributed by atoms with Crippen LogP contribution in [0.3, 0.4) is 0 Å². The molecule has 0 unspecified atom stereocenters. The van der Waals surface area contributed by atoms with Crippen LogP contribution >= 0.6 is 0 Å². The van der Waals surface area contributed by atoms with Gasteiger partial charge in [0.15, 0.2) is 0 Å². The number of unbranched alkanes of at least 4 members (excludes halogenated alkanes) is 4. The van der Waals surface area contributed by atoms with Crippen LogP contribution in [0.15, 0.2) is 29.2 Å². The lowest BCUT2D eigenvalue weighted by Gasteiger charge is -2.05. The van der Waals surface area contributed by atoms with E-state index in [0.717, 1.165) is 25.1 Å². The van der Waals surface area contributed by atoms with Crippen molar-refractivity contribution in [3.8, 4) is 0 Å². The molecule has 0 aliphatic heterocycles. The van der Waals surface area contributed by atoms with E-state index in [-0.39, 0.29) is 4.90 Å². The molecule has 1 aromatic carbocycles. The minimum Gasteiger partial charge on any atom is -0.316 e. The molecular formula is C15H26N2O2S. The van der Waals surface area contributed by atoms with Gasteiger partial charge in [0.1, 0.15) is 0 Å². The van der Waals surface area contributed by atoms with Gasteiger partial charge in [0, 0.05) is 0 Å². The summed E-state index contributed by atoms with van der Waals surface area (Å²) in [5, 5.41) is 8.47. The Morgan fingerprint density at radius 3 is 2.25 bits per heavy atom. The van der Waals surface area contributed by atoms with Crippen LogP contribution in [0.25, 0.3) is 0 Å². The van der Waals surface area contributed by atoms with Gasteiger partial charge in [0.2, 0.25) is 10.0 Å². The quantitative estimate of drug-likeness (QED) is 0.652. The Hall–Kier alpha value is -0.910. The molecular weight excluding hydrogens is 272 g/mol. The van der Waals surface area contributed by atoms with E-state index in [1.54, 1.807) is 12.1 Å². The van der Waals surface area contributed by atoms with Crippen LogP contribution in [0.1, 0.15) is 44.6 Å². The molecule has 0 heterocycles. The predicted molar refractivity (Wildman–Crippen MR) is 83.1 cm³/mol. The molecule has 3 N–H and O–H groups in total. The first-order valence-electron chi connectivity index (χ1n) is 7.36. The molecule has 20 heavy (non-hydrogen) atoms. The van der Waals surface area contributed by atoms with E-state index >= 15 is 0 Å². The van der Waals surface area contributed by atoms with Gasteiger partial charge >= 0.3 is 0 Å². The summed E-state index contributed by atoms with van der Waals surface area (Å²) < 4.78 is 22.2. The van der Waals surface area contributed by atoms with Gasteiger partial charge < -0.3 is 5.32 Å². The van der Waals surface area contributed by atoms with Crippen molar-refractivity contribution in [1.82, 2.24) is 5.32 Å². The van der Waals surface area contributed by atoms with Gasteiger partial charge in [-0.3, -0.25) is 0 Å². The van der Waals surface area contributed by atoms with E-state index in [1.165, 1.54) is 32.1 Å². The van der Waals surface area contributed by atoms with E-state index in [1.807, 2.05) is 12.1 Å². The second-order valence-electron chi connectivity index (χ2n) is 5.10. The Balaban J connectivity index is 2.16. The molecule has 5 heteroatoms. The van der Waals surface area contributed by atoms with Gasteiger partial charge in [-0.2, -0.15) is 0 Å². The zero-order valence-corrected chi connectivity index (χ0v) is 13.1. The molecule has 0 amide bonds. The fourth-order valence-electron chi connectivity index (χ4n) is 2.06. The SMILES string of the molecule is CCCCCCCNCCc1ccc(S(N)(=O)=O)cc1. The summed E-state index contributed by atoms with van der Waals surface area (Å²) in [5.41, 5.74) is 1.12. The zero-order valence-electron chi connectivity index (χ0n) is 12.3. The summed E-state index contributed by atoms with van der Waals surface area (Å²) in [6.45, 7) is 4.20. The molecule has 0 aromatic heterocycles. The van der Waals surface area contributed by atoms with Crippen molar-refractivity contribution >= 4 is 10.0 Å². The standard InChI is InChI=1S/C15H26N2O2S/c1-2-3-4-5-6-12-17-13-11-14-7-9-15(10-8-14)20(16,18)19/h7-10,17H,2-6,11-13H2,1H3,(H2,16,18,19). The highest BCUT2D eigenvalue weighted by Crippen LogP contribution is 2.09. The summed E-state index contributed by atoms with van der Waals surface area (Å²) in [6, 6.07) is 6.77. The van der Waals surface area contributed by atoms with Crippen molar-refractivity contribution in [2.75, 3.05) is 13.1 Å². The van der Waals surface area contributed by atoms with Crippen LogP contribution < -0.4 is 10.5 Å². The van der Waals surface area contributed by atoms with Crippen LogP contribution in [0, 0.1) is 0 Å². The number of hydrogen-bond acceptors (Lipinski definition) is 3. The fourth-order valence-corrected chi connectivity index (χ4v) is 2.57. The van der Waals surface area contributed by atoms with Crippen molar-refractivity contribution in [3.05, 3.63) is 29.8 Å². The average Bonchev–Trinajstić information content (AvgIpc) is 2.41. The molecule has 0 radical (unpaired) electrons. The predicted octanol–water partition coefficient (Wildman–Crippen LogP) is 2.44. The minimum absolute atomic E-state index is 0.171. The number of nitrogens with two attached hydrogens (primary N) is 1. The maximum Gasteiger partial charge on any atom is 0.238 e. The highest BCUT2D eigenvalue weighted by Gasteiger charge is 2.06. The summed E-state index contributed by atoms with van der Waals surface area (Å²) in [4.78, 5) is 0.171. The Bertz CT molecular complexity index is 469. The number of hydrogen-bond donors (Lipinski definition) is 2. The molecule has 0 saturated heterocycles. The van der Waals surface area contributed by atoms with Gasteiger partial charge in [-0.05, 0) is 43.6 Å². The van der Waals surface area contributed by atoms with E-state index in [0.29, 0.717) is 0 Å². The Labute approximate surface area is 122 Å². The number of sulfonamides is 1. The lowest BCUT2D eigenvalue weighted by atomic mass is 10.1. The van der Waals surface area contributed by atoms with Crippen LogP contribution in [0.2, 0.25) is 0 Å². The molecule has 114 valence electrons.